The first kappa shape index (κ1) is 27.8. The zero-order chi connectivity index (χ0) is 27.2. The predicted molar refractivity (Wildman–Crippen MR) is 128 cm³/mol. The van der Waals surface area contributed by atoms with Crippen molar-refractivity contribution < 1.29 is 37.0 Å². The van der Waals surface area contributed by atoms with Crippen molar-refractivity contribution >= 4 is 11.8 Å². The van der Waals surface area contributed by atoms with Crippen LogP contribution in [-0.4, -0.2) is 47.5 Å². The monoisotopic (exact) mass is 519 g/mol. The lowest BCUT2D eigenvalue weighted by atomic mass is 9.94. The molecule has 0 saturated heterocycles. The first-order valence-corrected chi connectivity index (χ1v) is 11.3. The van der Waals surface area contributed by atoms with E-state index in [0.29, 0.717) is 23.1 Å². The number of carbonyl (C=O) groups excluding carboxylic acids is 2. The number of hydrogen-bond acceptors (Lipinski definition) is 5. The van der Waals surface area contributed by atoms with Crippen LogP contribution in [0.3, 0.4) is 0 Å². The van der Waals surface area contributed by atoms with Crippen LogP contribution < -0.4 is 11.1 Å². The van der Waals surface area contributed by atoms with E-state index in [1.165, 1.54) is 42.6 Å². The van der Waals surface area contributed by atoms with Gasteiger partial charge in [-0.15, -0.1) is 13.2 Å². The molecule has 0 aliphatic heterocycles. The molecule has 0 unspecified atom stereocenters. The number of hydrogen-bond donors (Lipinski definition) is 3. The van der Waals surface area contributed by atoms with Gasteiger partial charge < -0.3 is 16.2 Å². The van der Waals surface area contributed by atoms with Crippen LogP contribution in [0.1, 0.15) is 39.6 Å². The van der Waals surface area contributed by atoms with E-state index in [1.54, 1.807) is 12.1 Å². The normalized spacial score (nSPS) is 12.3. The number of benzene rings is 2. The molecule has 0 aliphatic rings. The third kappa shape index (κ3) is 7.34. The maximum atomic E-state index is 13.7. The Morgan fingerprint density at radius 2 is 1.89 bits per heavy atom. The van der Waals surface area contributed by atoms with Crippen molar-refractivity contribution in [2.24, 2.45) is 5.73 Å². The molecule has 0 aliphatic carbocycles. The van der Waals surface area contributed by atoms with Gasteiger partial charge in [0.2, 0.25) is 0 Å². The molecule has 37 heavy (non-hydrogen) atoms. The third-order valence-electron chi connectivity index (χ3n) is 5.61. The van der Waals surface area contributed by atoms with Gasteiger partial charge in [-0.2, -0.15) is 0 Å². The number of aliphatic hydroxyl groups excluding tert-OH is 1. The number of aliphatic hydroxyl groups is 1. The van der Waals surface area contributed by atoms with Crippen LogP contribution in [0.4, 0.5) is 17.6 Å². The van der Waals surface area contributed by atoms with Gasteiger partial charge in [0.1, 0.15) is 5.82 Å². The molecule has 0 saturated carbocycles. The first-order chi connectivity index (χ1) is 17.5. The van der Waals surface area contributed by atoms with Crippen molar-refractivity contribution in [3.63, 3.8) is 0 Å². The summed E-state index contributed by atoms with van der Waals surface area (Å²) in [5.74, 6) is -1.88. The predicted octanol–water partition coefficient (Wildman–Crippen LogP) is 4.23. The number of aromatic nitrogens is 1. The Kier molecular flexibility index (Phi) is 8.95. The van der Waals surface area contributed by atoms with Gasteiger partial charge >= 0.3 is 6.36 Å². The number of nitrogens with two attached hydrogens (primary N) is 1. The molecular formula is C26H25F4N3O4. The zero-order valence-corrected chi connectivity index (χ0v) is 19.8. The fourth-order valence-corrected chi connectivity index (χ4v) is 3.73. The number of alkyl halides is 3. The molecule has 1 heterocycles. The minimum atomic E-state index is -4.82. The number of nitrogens with zero attached hydrogens (tertiary/aromatic N) is 1. The van der Waals surface area contributed by atoms with E-state index in [4.69, 9.17) is 5.73 Å². The number of amides is 2. The molecule has 11 heteroatoms. The molecule has 0 bridgehead atoms. The number of nitrogens with one attached hydrogen (secondary N) is 1. The lowest BCUT2D eigenvalue weighted by molar-refractivity contribution is -0.325. The zero-order valence-electron chi connectivity index (χ0n) is 19.8. The molecular weight excluding hydrogens is 494 g/mol. The minimum Gasteiger partial charge on any atom is -0.394 e. The van der Waals surface area contributed by atoms with Gasteiger partial charge in [0, 0.05) is 22.9 Å². The number of rotatable bonds is 10. The van der Waals surface area contributed by atoms with Gasteiger partial charge in [-0.1, -0.05) is 25.1 Å². The number of aryl methyl sites for hydroxylation is 1. The average molecular weight is 519 g/mol. The maximum Gasteiger partial charge on any atom is 0.522 e. The van der Waals surface area contributed by atoms with Crippen molar-refractivity contribution in [1.82, 2.24) is 10.3 Å². The molecule has 196 valence electrons. The lowest BCUT2D eigenvalue weighted by Crippen LogP contribution is -2.38. The highest BCUT2D eigenvalue weighted by Crippen LogP contribution is 2.30. The number of primary amides is 1. The SMILES string of the molecule is CCc1ccc(C(=O)N[C@H](CO)CCOC(F)(F)F)cc1-c1ncc(-c2cccc(F)c2)cc1C(N)=O. The summed E-state index contributed by atoms with van der Waals surface area (Å²) in [7, 11) is 0. The van der Waals surface area contributed by atoms with Crippen LogP contribution in [0.2, 0.25) is 0 Å². The fourth-order valence-electron chi connectivity index (χ4n) is 3.73. The fraction of sp³-hybridized carbons (Fsp3) is 0.269. The summed E-state index contributed by atoms with van der Waals surface area (Å²) < 4.78 is 54.0. The van der Waals surface area contributed by atoms with E-state index >= 15 is 0 Å². The highest BCUT2D eigenvalue weighted by atomic mass is 19.4. The van der Waals surface area contributed by atoms with E-state index in [9.17, 15) is 32.3 Å². The van der Waals surface area contributed by atoms with Gasteiger partial charge in [0.15, 0.2) is 0 Å². The highest BCUT2D eigenvalue weighted by molar-refractivity contribution is 6.01. The standard InChI is InChI=1S/C26H25F4N3O4/c1-2-15-6-7-17(25(36)33-20(14-34)8-9-37-26(28,29)30)11-21(15)23-22(24(31)35)12-18(13-32-23)16-4-3-5-19(27)10-16/h3-7,10-13,20,34H,2,8-9,14H2,1H3,(H2,31,35)(H,33,36)/t20-/m0/s1. The second-order valence-corrected chi connectivity index (χ2v) is 8.16. The average Bonchev–Trinajstić information content (AvgIpc) is 2.86. The van der Waals surface area contributed by atoms with E-state index in [0.717, 1.165) is 5.56 Å². The summed E-state index contributed by atoms with van der Waals surface area (Å²) in [5.41, 5.74) is 8.21. The Morgan fingerprint density at radius 1 is 1.14 bits per heavy atom. The highest BCUT2D eigenvalue weighted by Gasteiger charge is 2.29. The molecule has 0 fully saturated rings. The Bertz CT molecular complexity index is 1280. The van der Waals surface area contributed by atoms with Crippen molar-refractivity contribution in [1.29, 1.82) is 0 Å². The Balaban J connectivity index is 1.93. The maximum absolute atomic E-state index is 13.7. The Labute approximate surface area is 210 Å². The number of ether oxygens (including phenoxy) is 1. The van der Waals surface area contributed by atoms with Crippen LogP contribution in [0.25, 0.3) is 22.4 Å². The second kappa shape index (κ2) is 11.9. The summed E-state index contributed by atoms with van der Waals surface area (Å²) in [6.07, 6.45) is -3.09. The smallest absolute Gasteiger partial charge is 0.394 e. The molecule has 3 rings (SSSR count). The molecule has 3 aromatic rings. The minimum absolute atomic E-state index is 0.0616. The van der Waals surface area contributed by atoms with Crippen LogP contribution in [0.5, 0.6) is 0 Å². The van der Waals surface area contributed by atoms with Gasteiger partial charge in [-0.05, 0) is 54.3 Å². The summed E-state index contributed by atoms with van der Waals surface area (Å²) in [6, 6.07) is 10.9. The molecule has 7 nitrogen and oxygen atoms in total. The van der Waals surface area contributed by atoms with Gasteiger partial charge in [-0.25, -0.2) is 4.39 Å². The number of halogens is 4. The Hall–Kier alpha value is -3.83. The van der Waals surface area contributed by atoms with Crippen LogP contribution in [0, 0.1) is 5.82 Å². The van der Waals surface area contributed by atoms with E-state index < -0.39 is 43.2 Å². The molecule has 4 N–H and O–H groups in total. The summed E-state index contributed by atoms with van der Waals surface area (Å²) >= 11 is 0. The summed E-state index contributed by atoms with van der Waals surface area (Å²) in [5, 5.41) is 11.9. The van der Waals surface area contributed by atoms with Gasteiger partial charge in [0.05, 0.1) is 30.5 Å². The molecule has 1 atom stereocenters. The van der Waals surface area contributed by atoms with Crippen molar-refractivity contribution in [3.8, 4) is 22.4 Å². The molecule has 0 radical (unpaired) electrons. The molecule has 2 aromatic carbocycles. The van der Waals surface area contributed by atoms with Crippen LogP contribution in [-0.2, 0) is 11.2 Å². The number of carbonyl (C=O) groups is 2. The third-order valence-corrected chi connectivity index (χ3v) is 5.61. The van der Waals surface area contributed by atoms with E-state index in [2.05, 4.69) is 15.0 Å². The second-order valence-electron chi connectivity index (χ2n) is 8.16. The first-order valence-electron chi connectivity index (χ1n) is 11.3. The van der Waals surface area contributed by atoms with Gasteiger partial charge in [-0.3, -0.25) is 19.3 Å². The van der Waals surface area contributed by atoms with Crippen LogP contribution >= 0.6 is 0 Å². The summed E-state index contributed by atoms with van der Waals surface area (Å²) in [4.78, 5) is 29.6. The van der Waals surface area contributed by atoms with E-state index in [-0.39, 0.29) is 23.2 Å². The largest absolute Gasteiger partial charge is 0.522 e. The quantitative estimate of drug-likeness (QED) is 0.347. The Morgan fingerprint density at radius 3 is 2.51 bits per heavy atom. The lowest BCUT2D eigenvalue weighted by Gasteiger charge is -2.18. The van der Waals surface area contributed by atoms with Crippen molar-refractivity contribution in [2.75, 3.05) is 13.2 Å². The van der Waals surface area contributed by atoms with E-state index in [1.807, 2.05) is 6.92 Å². The van der Waals surface area contributed by atoms with Crippen LogP contribution in [0.15, 0.2) is 54.7 Å². The van der Waals surface area contributed by atoms with Crippen molar-refractivity contribution in [3.05, 3.63) is 77.2 Å². The van der Waals surface area contributed by atoms with Gasteiger partial charge in [0.25, 0.3) is 11.8 Å². The molecule has 2 amide bonds. The number of pyridine rings is 1. The molecule has 1 aromatic heterocycles. The summed E-state index contributed by atoms with van der Waals surface area (Å²) in [6.45, 7) is 0.534. The van der Waals surface area contributed by atoms with Crippen molar-refractivity contribution in [2.45, 2.75) is 32.2 Å². The topological polar surface area (TPSA) is 115 Å². The molecule has 0 spiro atoms.